The van der Waals surface area contributed by atoms with E-state index in [1.807, 2.05) is 18.2 Å². The Morgan fingerprint density at radius 3 is 3.00 bits per heavy atom. The van der Waals surface area contributed by atoms with E-state index in [-0.39, 0.29) is 0 Å². The number of pyridine rings is 1. The number of hydrogen-bond acceptors (Lipinski definition) is 2. The Hall–Kier alpha value is -0.570. The van der Waals surface area contributed by atoms with Gasteiger partial charge in [-0.25, -0.2) is 4.98 Å². The van der Waals surface area contributed by atoms with Gasteiger partial charge in [0.15, 0.2) is 0 Å². The van der Waals surface area contributed by atoms with Gasteiger partial charge in [0.05, 0.1) is 0 Å². The molecule has 0 spiro atoms. The summed E-state index contributed by atoms with van der Waals surface area (Å²) in [5.74, 6) is 1.53. The van der Waals surface area contributed by atoms with Crippen molar-refractivity contribution in [2.75, 3.05) is 0 Å². The molecule has 1 aliphatic carbocycles. The molecule has 0 bridgehead atoms. The maximum atomic E-state index is 5.87. The van der Waals surface area contributed by atoms with Crippen LogP contribution in [0.25, 0.3) is 0 Å². The molecular weight excluding hydrogens is 254 g/mol. The predicted molar refractivity (Wildman–Crippen MR) is 64.0 cm³/mol. The van der Waals surface area contributed by atoms with Crippen LogP contribution in [-0.2, 0) is 0 Å². The molecule has 1 saturated carbocycles. The zero-order valence-corrected chi connectivity index (χ0v) is 10.5. The lowest BCUT2D eigenvalue weighted by atomic mass is 9.89. The monoisotopic (exact) mass is 269 g/mol. The van der Waals surface area contributed by atoms with Crippen LogP contribution in [0.2, 0.25) is 0 Å². The van der Waals surface area contributed by atoms with Gasteiger partial charge in [-0.3, -0.25) is 0 Å². The highest BCUT2D eigenvalue weighted by Gasteiger charge is 2.20. The lowest BCUT2D eigenvalue weighted by Crippen LogP contribution is -2.24. The van der Waals surface area contributed by atoms with Crippen molar-refractivity contribution in [3.63, 3.8) is 0 Å². The summed E-state index contributed by atoms with van der Waals surface area (Å²) in [4.78, 5) is 4.29. The first-order valence-electron chi connectivity index (χ1n) is 5.53. The highest BCUT2D eigenvalue weighted by atomic mass is 79.9. The van der Waals surface area contributed by atoms with E-state index < -0.39 is 0 Å². The van der Waals surface area contributed by atoms with Crippen molar-refractivity contribution in [2.45, 2.75) is 38.7 Å². The highest BCUT2D eigenvalue weighted by molar-refractivity contribution is 9.10. The topological polar surface area (TPSA) is 22.1 Å². The predicted octanol–water partition coefficient (Wildman–Crippen LogP) is 3.80. The fraction of sp³-hybridized carbons (Fsp3) is 0.583. The highest BCUT2D eigenvalue weighted by Crippen LogP contribution is 2.26. The number of nitrogens with zero attached hydrogens (tertiary/aromatic N) is 1. The van der Waals surface area contributed by atoms with E-state index >= 15 is 0 Å². The zero-order valence-electron chi connectivity index (χ0n) is 8.95. The molecule has 1 heterocycles. The Morgan fingerprint density at radius 1 is 1.40 bits per heavy atom. The summed E-state index contributed by atoms with van der Waals surface area (Å²) < 4.78 is 6.70. The van der Waals surface area contributed by atoms with E-state index in [0.717, 1.165) is 22.8 Å². The summed E-state index contributed by atoms with van der Waals surface area (Å²) in [5, 5.41) is 0. The summed E-state index contributed by atoms with van der Waals surface area (Å²) in [6, 6.07) is 5.79. The van der Waals surface area contributed by atoms with E-state index in [1.165, 1.54) is 19.3 Å². The van der Waals surface area contributed by atoms with Gasteiger partial charge in [0, 0.05) is 6.07 Å². The number of aromatic nitrogens is 1. The molecule has 3 heteroatoms. The fourth-order valence-corrected chi connectivity index (χ4v) is 2.44. The third-order valence-corrected chi connectivity index (χ3v) is 3.31. The van der Waals surface area contributed by atoms with E-state index in [1.54, 1.807) is 0 Å². The third kappa shape index (κ3) is 3.20. The molecule has 1 aliphatic rings. The molecule has 0 saturated heterocycles. The summed E-state index contributed by atoms with van der Waals surface area (Å²) in [5.41, 5.74) is 0. The number of ether oxygens (including phenoxy) is 1. The maximum absolute atomic E-state index is 5.87. The zero-order chi connectivity index (χ0) is 10.7. The molecule has 15 heavy (non-hydrogen) atoms. The van der Waals surface area contributed by atoms with Crippen LogP contribution < -0.4 is 4.74 Å². The van der Waals surface area contributed by atoms with Crippen LogP contribution in [0.4, 0.5) is 0 Å². The van der Waals surface area contributed by atoms with Gasteiger partial charge in [-0.15, -0.1) is 0 Å². The first-order valence-corrected chi connectivity index (χ1v) is 6.32. The normalized spacial score (nSPS) is 26.3. The minimum Gasteiger partial charge on any atom is -0.474 e. The molecule has 2 unspecified atom stereocenters. The van der Waals surface area contributed by atoms with Crippen molar-refractivity contribution in [2.24, 2.45) is 5.92 Å². The SMILES string of the molecule is CC1CCCC(Oc2cccc(Br)n2)C1. The van der Waals surface area contributed by atoms with Gasteiger partial charge in [-0.2, -0.15) is 0 Å². The molecule has 0 amide bonds. The second-order valence-electron chi connectivity index (χ2n) is 4.31. The largest absolute Gasteiger partial charge is 0.474 e. The van der Waals surface area contributed by atoms with Gasteiger partial charge in [-0.05, 0) is 47.2 Å². The molecular formula is C12H16BrNO. The number of rotatable bonds is 2. The quantitative estimate of drug-likeness (QED) is 0.762. The van der Waals surface area contributed by atoms with Gasteiger partial charge in [0.2, 0.25) is 5.88 Å². The fourth-order valence-electron chi connectivity index (χ4n) is 2.11. The summed E-state index contributed by atoms with van der Waals surface area (Å²) in [7, 11) is 0. The van der Waals surface area contributed by atoms with Gasteiger partial charge in [0.1, 0.15) is 10.7 Å². The molecule has 0 aliphatic heterocycles. The van der Waals surface area contributed by atoms with E-state index in [9.17, 15) is 0 Å². The Balaban J connectivity index is 1.96. The second-order valence-corrected chi connectivity index (χ2v) is 5.12. The van der Waals surface area contributed by atoms with Crippen LogP contribution in [0, 0.1) is 5.92 Å². The van der Waals surface area contributed by atoms with E-state index in [2.05, 4.69) is 27.8 Å². The molecule has 2 nitrogen and oxygen atoms in total. The lowest BCUT2D eigenvalue weighted by Gasteiger charge is -2.26. The van der Waals surface area contributed by atoms with Crippen molar-refractivity contribution in [3.05, 3.63) is 22.8 Å². The van der Waals surface area contributed by atoms with Gasteiger partial charge in [0.25, 0.3) is 0 Å². The van der Waals surface area contributed by atoms with E-state index in [0.29, 0.717) is 6.10 Å². The van der Waals surface area contributed by atoms with Crippen LogP contribution in [0.5, 0.6) is 5.88 Å². The summed E-state index contributed by atoms with van der Waals surface area (Å²) in [6.07, 6.45) is 5.30. The molecule has 82 valence electrons. The van der Waals surface area contributed by atoms with Crippen LogP contribution in [-0.4, -0.2) is 11.1 Å². The Kier molecular flexibility index (Phi) is 3.62. The van der Waals surface area contributed by atoms with Crippen molar-refractivity contribution < 1.29 is 4.74 Å². The third-order valence-electron chi connectivity index (χ3n) is 2.87. The van der Waals surface area contributed by atoms with Crippen molar-refractivity contribution in [3.8, 4) is 5.88 Å². The first-order chi connectivity index (χ1) is 7.24. The Labute approximate surface area is 99.2 Å². The van der Waals surface area contributed by atoms with Gasteiger partial charge < -0.3 is 4.74 Å². The number of hydrogen-bond donors (Lipinski definition) is 0. The molecule has 2 atom stereocenters. The Morgan fingerprint density at radius 2 is 2.27 bits per heavy atom. The molecule has 1 aromatic rings. The molecule has 1 fully saturated rings. The Bertz CT molecular complexity index is 329. The van der Waals surface area contributed by atoms with Crippen molar-refractivity contribution >= 4 is 15.9 Å². The lowest BCUT2D eigenvalue weighted by molar-refractivity contribution is 0.124. The van der Waals surface area contributed by atoms with Crippen molar-refractivity contribution in [1.29, 1.82) is 0 Å². The van der Waals surface area contributed by atoms with Crippen molar-refractivity contribution in [1.82, 2.24) is 4.98 Å². The molecule has 1 aromatic heterocycles. The average molecular weight is 270 g/mol. The van der Waals surface area contributed by atoms with Crippen LogP contribution in [0.1, 0.15) is 32.6 Å². The average Bonchev–Trinajstić information content (AvgIpc) is 2.17. The van der Waals surface area contributed by atoms with Crippen LogP contribution in [0.15, 0.2) is 22.8 Å². The van der Waals surface area contributed by atoms with Gasteiger partial charge >= 0.3 is 0 Å². The maximum Gasteiger partial charge on any atom is 0.214 e. The smallest absolute Gasteiger partial charge is 0.214 e. The number of halogens is 1. The molecule has 2 rings (SSSR count). The van der Waals surface area contributed by atoms with Crippen LogP contribution in [0.3, 0.4) is 0 Å². The van der Waals surface area contributed by atoms with Gasteiger partial charge in [-0.1, -0.05) is 19.4 Å². The first kappa shape index (κ1) is 10.9. The summed E-state index contributed by atoms with van der Waals surface area (Å²) in [6.45, 7) is 2.30. The standard InChI is InChI=1S/C12H16BrNO/c1-9-4-2-5-10(8-9)15-12-7-3-6-11(13)14-12/h3,6-7,9-10H,2,4-5,8H2,1H3. The van der Waals surface area contributed by atoms with Crippen LogP contribution >= 0.6 is 15.9 Å². The summed E-state index contributed by atoms with van der Waals surface area (Å²) >= 11 is 3.35. The minimum atomic E-state index is 0.357. The molecule has 0 N–H and O–H groups in total. The molecule has 0 radical (unpaired) electrons. The second kappa shape index (κ2) is 4.97. The molecule has 0 aromatic carbocycles. The van der Waals surface area contributed by atoms with E-state index in [4.69, 9.17) is 4.74 Å². The minimum absolute atomic E-state index is 0.357.